The minimum absolute atomic E-state index is 0.155. The zero-order valence-electron chi connectivity index (χ0n) is 13.9. The number of anilines is 1. The van der Waals surface area contributed by atoms with Crippen molar-refractivity contribution >= 4 is 68.4 Å². The van der Waals surface area contributed by atoms with E-state index in [1.54, 1.807) is 16.9 Å². The van der Waals surface area contributed by atoms with Crippen molar-refractivity contribution in [2.75, 3.05) is 5.32 Å². The van der Waals surface area contributed by atoms with Crippen molar-refractivity contribution in [1.82, 2.24) is 25.1 Å². The first-order chi connectivity index (χ1) is 13.5. The van der Waals surface area contributed by atoms with Crippen molar-refractivity contribution in [2.24, 2.45) is 0 Å². The maximum atomic E-state index is 12.3. The molecule has 2 aromatic carbocycles. The van der Waals surface area contributed by atoms with E-state index in [-0.39, 0.29) is 15.7 Å². The molecule has 0 radical (unpaired) electrons. The van der Waals surface area contributed by atoms with E-state index in [0.717, 1.165) is 21.2 Å². The number of carbonyl (C=O) groups is 1. The van der Waals surface area contributed by atoms with Crippen LogP contribution in [0.4, 0.5) is 5.69 Å². The normalized spacial score (nSPS) is 10.8. The lowest BCUT2D eigenvalue weighted by molar-refractivity contribution is 0.0978. The predicted molar refractivity (Wildman–Crippen MR) is 114 cm³/mol. The number of halogens is 2. The molecule has 0 fully saturated rings. The van der Waals surface area contributed by atoms with Crippen LogP contribution in [0, 0.1) is 0 Å². The highest BCUT2D eigenvalue weighted by Gasteiger charge is 2.13. The Kier molecular flexibility index (Phi) is 5.23. The van der Waals surface area contributed by atoms with Crippen molar-refractivity contribution in [3.05, 3.63) is 64.4 Å². The third kappa shape index (κ3) is 3.97. The maximum absolute atomic E-state index is 12.3. The highest BCUT2D eigenvalue weighted by molar-refractivity contribution is 7.80. The van der Waals surface area contributed by atoms with E-state index < -0.39 is 5.91 Å². The fourth-order valence-corrected chi connectivity index (χ4v) is 3.91. The first-order valence-corrected chi connectivity index (χ1v) is 9.82. The largest absolute Gasteiger partial charge is 0.332 e. The monoisotopic (exact) mass is 448 g/mol. The number of nitrogens with one attached hydrogen (secondary N) is 2. The molecule has 0 aliphatic carbocycles. The molecule has 1 amide bonds. The molecule has 0 unspecified atom stereocenters. The van der Waals surface area contributed by atoms with Crippen molar-refractivity contribution in [3.8, 4) is 10.6 Å². The molecule has 0 bridgehead atoms. The van der Waals surface area contributed by atoms with Gasteiger partial charge in [0, 0.05) is 16.3 Å². The molecule has 0 spiro atoms. The molecule has 140 valence electrons. The van der Waals surface area contributed by atoms with Crippen LogP contribution in [0.2, 0.25) is 10.0 Å². The van der Waals surface area contributed by atoms with Gasteiger partial charge < -0.3 is 5.32 Å². The Morgan fingerprint density at radius 1 is 1.14 bits per heavy atom. The molecule has 0 saturated carbocycles. The smallest absolute Gasteiger partial charge is 0.258 e. The number of rotatable bonds is 3. The van der Waals surface area contributed by atoms with E-state index in [9.17, 15) is 4.79 Å². The average molecular weight is 449 g/mol. The molecule has 2 N–H and O–H groups in total. The molecule has 0 aliphatic rings. The maximum Gasteiger partial charge on any atom is 0.258 e. The van der Waals surface area contributed by atoms with Crippen LogP contribution in [-0.4, -0.2) is 30.8 Å². The Hall–Kier alpha value is -2.59. The highest BCUT2D eigenvalue weighted by atomic mass is 35.5. The van der Waals surface area contributed by atoms with Crippen LogP contribution in [0.1, 0.15) is 10.4 Å². The van der Waals surface area contributed by atoms with E-state index in [1.807, 2.05) is 24.3 Å². The van der Waals surface area contributed by atoms with Gasteiger partial charge in [-0.25, -0.2) is 0 Å². The Bertz CT molecular complexity index is 1160. The second-order valence-corrected chi connectivity index (χ2v) is 7.78. The Balaban J connectivity index is 1.41. The van der Waals surface area contributed by atoms with Crippen molar-refractivity contribution in [1.29, 1.82) is 0 Å². The lowest BCUT2D eigenvalue weighted by atomic mass is 10.2. The number of fused-ring (bicyclic) bond motifs is 1. The highest BCUT2D eigenvalue weighted by Crippen LogP contribution is 2.26. The number of hydrogen-bond acceptors (Lipinski definition) is 6. The number of hydrogen-bond donors (Lipinski definition) is 2. The van der Waals surface area contributed by atoms with Crippen molar-refractivity contribution < 1.29 is 4.79 Å². The molecule has 4 rings (SSSR count). The summed E-state index contributed by atoms with van der Waals surface area (Å²) in [4.78, 5) is 13.0. The lowest BCUT2D eigenvalue weighted by Crippen LogP contribution is -2.34. The molecule has 28 heavy (non-hydrogen) atoms. The van der Waals surface area contributed by atoms with Gasteiger partial charge in [-0.05, 0) is 54.7 Å². The third-order valence-corrected chi connectivity index (χ3v) is 5.39. The van der Waals surface area contributed by atoms with Gasteiger partial charge in [-0.15, -0.1) is 10.2 Å². The Morgan fingerprint density at radius 3 is 2.64 bits per heavy atom. The summed E-state index contributed by atoms with van der Waals surface area (Å²) < 4.78 is 1.62. The van der Waals surface area contributed by atoms with Gasteiger partial charge in [0.2, 0.25) is 4.96 Å². The SMILES string of the molecule is O=C(NC(=S)Nc1ccc(-c2nn3cnnc3s2)cc1)c1ccc(Cl)cc1Cl. The number of amides is 1. The van der Waals surface area contributed by atoms with E-state index >= 15 is 0 Å². The Labute approximate surface area is 178 Å². The standard InChI is InChI=1S/C17H10Cl2N6OS2/c18-10-3-6-12(13(19)7-10)14(26)22-16(27)21-11-4-1-9(2-5-11)15-24-25-8-20-23-17(25)28-15/h1-8H,(H2,21,22,26,27). The molecule has 2 heterocycles. The summed E-state index contributed by atoms with van der Waals surface area (Å²) in [5.74, 6) is -0.421. The zero-order valence-corrected chi connectivity index (χ0v) is 17.0. The molecule has 4 aromatic rings. The summed E-state index contributed by atoms with van der Waals surface area (Å²) in [5.41, 5.74) is 1.94. The van der Waals surface area contributed by atoms with Gasteiger partial charge in [-0.2, -0.15) is 9.61 Å². The van der Waals surface area contributed by atoms with E-state index in [2.05, 4.69) is 25.9 Å². The van der Waals surface area contributed by atoms with E-state index in [1.165, 1.54) is 23.5 Å². The number of nitrogens with zero attached hydrogens (tertiary/aromatic N) is 4. The van der Waals surface area contributed by atoms with Crippen LogP contribution in [0.3, 0.4) is 0 Å². The van der Waals surface area contributed by atoms with Crippen LogP contribution in [0.5, 0.6) is 0 Å². The van der Waals surface area contributed by atoms with Gasteiger partial charge >= 0.3 is 0 Å². The average Bonchev–Trinajstić information content (AvgIpc) is 3.24. The molecule has 0 saturated heterocycles. The van der Waals surface area contributed by atoms with Gasteiger partial charge in [0.1, 0.15) is 11.3 Å². The summed E-state index contributed by atoms with van der Waals surface area (Å²) in [6.07, 6.45) is 1.55. The van der Waals surface area contributed by atoms with Gasteiger partial charge in [-0.3, -0.25) is 10.1 Å². The number of thiocarbonyl (C=S) groups is 1. The predicted octanol–water partition coefficient (Wildman–Crippen LogP) is 4.29. The third-order valence-electron chi connectivity index (χ3n) is 3.68. The minimum atomic E-state index is -0.421. The number of carbonyl (C=O) groups excluding carboxylic acids is 1. The van der Waals surface area contributed by atoms with E-state index in [4.69, 9.17) is 35.4 Å². The molecule has 0 aliphatic heterocycles. The second kappa shape index (κ2) is 7.80. The molecular weight excluding hydrogens is 439 g/mol. The van der Waals surface area contributed by atoms with Crippen LogP contribution >= 0.6 is 46.8 Å². The summed E-state index contributed by atoms with van der Waals surface area (Å²) in [7, 11) is 0. The molecular formula is C17H10Cl2N6OS2. The van der Waals surface area contributed by atoms with Gasteiger partial charge in [0.05, 0.1) is 10.6 Å². The summed E-state index contributed by atoms with van der Waals surface area (Å²) in [6, 6.07) is 12.1. The summed E-state index contributed by atoms with van der Waals surface area (Å²) >= 11 is 18.5. The molecule has 2 aromatic heterocycles. The number of aromatic nitrogens is 4. The second-order valence-electron chi connectivity index (χ2n) is 5.58. The van der Waals surface area contributed by atoms with Gasteiger partial charge in [0.15, 0.2) is 5.11 Å². The van der Waals surface area contributed by atoms with Crippen LogP contribution < -0.4 is 10.6 Å². The molecule has 7 nitrogen and oxygen atoms in total. The Morgan fingerprint density at radius 2 is 1.93 bits per heavy atom. The fourth-order valence-electron chi connectivity index (χ4n) is 2.38. The van der Waals surface area contributed by atoms with Crippen molar-refractivity contribution in [2.45, 2.75) is 0 Å². The fraction of sp³-hybridized carbons (Fsp3) is 0. The van der Waals surface area contributed by atoms with Gasteiger partial charge in [0.25, 0.3) is 5.91 Å². The first-order valence-electron chi connectivity index (χ1n) is 7.84. The summed E-state index contributed by atoms with van der Waals surface area (Å²) in [6.45, 7) is 0. The van der Waals surface area contributed by atoms with Crippen LogP contribution in [0.15, 0.2) is 48.8 Å². The molecule has 0 atom stereocenters. The topological polar surface area (TPSA) is 84.2 Å². The van der Waals surface area contributed by atoms with Crippen molar-refractivity contribution in [3.63, 3.8) is 0 Å². The van der Waals surface area contributed by atoms with E-state index in [0.29, 0.717) is 5.02 Å². The van der Waals surface area contributed by atoms with Crippen LogP contribution in [0.25, 0.3) is 15.5 Å². The first kappa shape index (κ1) is 18.8. The lowest BCUT2D eigenvalue weighted by Gasteiger charge is -2.10. The molecule has 11 heteroatoms. The quantitative estimate of drug-likeness (QED) is 0.454. The minimum Gasteiger partial charge on any atom is -0.332 e. The zero-order chi connectivity index (χ0) is 19.7. The van der Waals surface area contributed by atoms with Crippen LogP contribution in [-0.2, 0) is 0 Å². The van der Waals surface area contributed by atoms with Gasteiger partial charge in [-0.1, -0.05) is 34.5 Å². The number of benzene rings is 2. The summed E-state index contributed by atoms with van der Waals surface area (Å²) in [5, 5.41) is 19.4.